The second kappa shape index (κ2) is 4.91. The van der Waals surface area contributed by atoms with Crippen LogP contribution in [0.3, 0.4) is 0 Å². The lowest BCUT2D eigenvalue weighted by Gasteiger charge is -2.28. The standard InChI is InChI=1S/C8H14N2O10P2/c1-3-10(19-21(13,14)15,20-22(16,17)18)7(12)5-4-6(11)9-8(4,5)2/h4-5H,3H2,1-2H3,(H4-,9,11,13,14,15,16,17,18)/p+1. The van der Waals surface area contributed by atoms with Crippen LogP contribution in [0.2, 0.25) is 0 Å². The summed E-state index contributed by atoms with van der Waals surface area (Å²) in [5, 5.41) is 2.44. The number of hydroxylamine groups is 4. The van der Waals surface area contributed by atoms with Crippen molar-refractivity contribution in [2.75, 3.05) is 6.54 Å². The van der Waals surface area contributed by atoms with E-state index in [1.165, 1.54) is 13.8 Å². The maximum absolute atomic E-state index is 12.5. The first-order chi connectivity index (χ1) is 9.76. The molecule has 3 atom stereocenters. The average molecular weight is 361 g/mol. The van der Waals surface area contributed by atoms with Crippen molar-refractivity contribution in [2.45, 2.75) is 19.4 Å². The summed E-state index contributed by atoms with van der Waals surface area (Å²) < 4.78 is 30.5. The third-order valence-corrected chi connectivity index (χ3v) is 4.64. The molecule has 5 N–H and O–H groups in total. The van der Waals surface area contributed by atoms with E-state index in [1.54, 1.807) is 0 Å². The highest BCUT2D eigenvalue weighted by molar-refractivity contribution is 7.46. The Morgan fingerprint density at radius 1 is 1.27 bits per heavy atom. The third-order valence-electron chi connectivity index (χ3n) is 3.69. The number of β-lactam (4-membered cyclic amide) rings is 1. The summed E-state index contributed by atoms with van der Waals surface area (Å²) in [6.07, 6.45) is 0. The number of amides is 2. The van der Waals surface area contributed by atoms with Crippen LogP contribution in [0.25, 0.3) is 0 Å². The van der Waals surface area contributed by atoms with E-state index in [2.05, 4.69) is 14.6 Å². The molecule has 1 heterocycles. The van der Waals surface area contributed by atoms with Crippen LogP contribution in [-0.4, -0.2) is 48.3 Å². The van der Waals surface area contributed by atoms with Crippen LogP contribution >= 0.6 is 15.6 Å². The Kier molecular flexibility index (Phi) is 3.94. The van der Waals surface area contributed by atoms with Crippen molar-refractivity contribution < 1.29 is 52.4 Å². The Balaban J connectivity index is 2.35. The normalized spacial score (nSPS) is 31.1. The van der Waals surface area contributed by atoms with Gasteiger partial charge in [0.1, 0.15) is 12.5 Å². The molecule has 126 valence electrons. The molecule has 0 aromatic rings. The molecule has 0 aromatic carbocycles. The molecular weight excluding hydrogens is 346 g/mol. The molecule has 14 heteroatoms. The number of fused-ring (bicyclic) bond motifs is 1. The van der Waals surface area contributed by atoms with Gasteiger partial charge in [-0.2, -0.15) is 0 Å². The molecule has 0 bridgehead atoms. The molecule has 2 amide bonds. The van der Waals surface area contributed by atoms with E-state index >= 15 is 0 Å². The van der Waals surface area contributed by atoms with Crippen LogP contribution in [0.1, 0.15) is 13.8 Å². The van der Waals surface area contributed by atoms with E-state index in [1.807, 2.05) is 0 Å². The van der Waals surface area contributed by atoms with Crippen molar-refractivity contribution >= 4 is 27.5 Å². The maximum atomic E-state index is 12.5. The molecule has 1 saturated heterocycles. The van der Waals surface area contributed by atoms with Gasteiger partial charge in [-0.15, -0.1) is 0 Å². The van der Waals surface area contributed by atoms with Gasteiger partial charge in [-0.25, -0.2) is 13.9 Å². The van der Waals surface area contributed by atoms with E-state index in [9.17, 15) is 18.7 Å². The second-order valence-corrected chi connectivity index (χ2v) is 7.49. The maximum Gasteiger partial charge on any atom is 0.519 e. The Bertz CT molecular complexity index is 600. The molecular formula is C8H15N2O10P2+. The van der Waals surface area contributed by atoms with E-state index in [4.69, 9.17) is 19.6 Å². The molecule has 1 aliphatic heterocycles. The van der Waals surface area contributed by atoms with Gasteiger partial charge in [0.25, 0.3) is 0 Å². The number of carbonyl (C=O) groups is 2. The highest BCUT2D eigenvalue weighted by atomic mass is 31.2. The van der Waals surface area contributed by atoms with Gasteiger partial charge in [0, 0.05) is 4.81 Å². The first-order valence-corrected chi connectivity index (χ1v) is 9.10. The van der Waals surface area contributed by atoms with Crippen molar-refractivity contribution in [3.63, 3.8) is 0 Å². The SMILES string of the molecule is CC[N+](OP(=O)(O)O)(OP(=O)(O)O)C(=O)C1C2C(=O)NC21C. The van der Waals surface area contributed by atoms with Crippen LogP contribution in [-0.2, 0) is 28.0 Å². The van der Waals surface area contributed by atoms with Crippen molar-refractivity contribution in [3.05, 3.63) is 0 Å². The fraction of sp³-hybridized carbons (Fsp3) is 0.750. The molecule has 3 unspecified atom stereocenters. The second-order valence-electron chi connectivity index (χ2n) is 5.20. The number of quaternary nitrogens is 1. The van der Waals surface area contributed by atoms with Gasteiger partial charge in [0.15, 0.2) is 0 Å². The molecule has 12 nitrogen and oxygen atoms in total. The number of nitrogens with zero attached hydrogens (tertiary/aromatic N) is 1. The van der Waals surface area contributed by atoms with E-state index < -0.39 is 56.2 Å². The smallest absolute Gasteiger partial charge is 0.349 e. The van der Waals surface area contributed by atoms with Crippen molar-refractivity contribution in [1.82, 2.24) is 5.32 Å². The van der Waals surface area contributed by atoms with Gasteiger partial charge in [-0.3, -0.25) is 24.4 Å². The topological polar surface area (TPSA) is 180 Å². The van der Waals surface area contributed by atoms with Crippen LogP contribution in [0.5, 0.6) is 0 Å². The van der Waals surface area contributed by atoms with Gasteiger partial charge in [0.05, 0.1) is 11.5 Å². The minimum atomic E-state index is -5.33. The van der Waals surface area contributed by atoms with Gasteiger partial charge in [-0.1, -0.05) is 0 Å². The molecule has 1 saturated carbocycles. The number of hydrogen-bond donors (Lipinski definition) is 5. The highest BCUT2D eigenvalue weighted by Gasteiger charge is 2.81. The summed E-state index contributed by atoms with van der Waals surface area (Å²) in [7, 11) is -10.7. The molecule has 2 fully saturated rings. The number of hydrogen-bond acceptors (Lipinski definition) is 6. The Morgan fingerprint density at radius 2 is 1.73 bits per heavy atom. The molecule has 0 aromatic heterocycles. The van der Waals surface area contributed by atoms with Crippen molar-refractivity contribution in [1.29, 1.82) is 0 Å². The van der Waals surface area contributed by atoms with Crippen LogP contribution in [0, 0.1) is 11.8 Å². The minimum Gasteiger partial charge on any atom is -0.349 e. The van der Waals surface area contributed by atoms with Gasteiger partial charge < -0.3 is 5.32 Å². The van der Waals surface area contributed by atoms with Crippen LogP contribution in [0.4, 0.5) is 0 Å². The number of carbonyl (C=O) groups excluding carboxylic acids is 2. The predicted molar refractivity (Wildman–Crippen MR) is 65.6 cm³/mol. The summed E-state index contributed by atoms with van der Waals surface area (Å²) in [6, 6.07) is 0. The zero-order valence-electron chi connectivity index (χ0n) is 11.4. The number of rotatable bonds is 6. The Hall–Kier alpha value is -0.680. The quantitative estimate of drug-likeness (QED) is 0.162. The van der Waals surface area contributed by atoms with Crippen LogP contribution < -0.4 is 5.32 Å². The number of phosphoric acid groups is 2. The lowest BCUT2D eigenvalue weighted by molar-refractivity contribution is -1.15. The zero-order valence-corrected chi connectivity index (χ0v) is 13.2. The summed E-state index contributed by atoms with van der Waals surface area (Å²) in [5.41, 5.74) is -0.927. The molecule has 2 aliphatic rings. The minimum absolute atomic E-state index is 0.442. The van der Waals surface area contributed by atoms with Crippen LogP contribution in [0.15, 0.2) is 0 Å². The summed E-state index contributed by atoms with van der Waals surface area (Å²) in [5.74, 6) is -3.43. The fourth-order valence-electron chi connectivity index (χ4n) is 2.68. The predicted octanol–water partition coefficient (Wildman–Crippen LogP) is -1.47. The van der Waals surface area contributed by atoms with Gasteiger partial charge in [-0.05, 0) is 23.1 Å². The van der Waals surface area contributed by atoms with Gasteiger partial charge >= 0.3 is 21.6 Å². The Labute approximate surface area is 124 Å². The molecule has 2 rings (SSSR count). The molecule has 0 radical (unpaired) electrons. The summed E-state index contributed by atoms with van der Waals surface area (Å²) >= 11 is 0. The lowest BCUT2D eigenvalue weighted by atomic mass is 10.1. The number of nitrogens with one attached hydrogen (secondary N) is 1. The monoisotopic (exact) mass is 361 g/mol. The third kappa shape index (κ3) is 2.90. The van der Waals surface area contributed by atoms with Crippen molar-refractivity contribution in [2.24, 2.45) is 11.8 Å². The average Bonchev–Trinajstić information content (AvgIpc) is 2.80. The van der Waals surface area contributed by atoms with E-state index in [0.717, 1.165) is 0 Å². The first-order valence-electron chi connectivity index (χ1n) is 6.04. The Morgan fingerprint density at radius 3 is 1.95 bits per heavy atom. The first kappa shape index (κ1) is 17.7. The molecule has 0 spiro atoms. The lowest BCUT2D eigenvalue weighted by Crippen LogP contribution is -2.53. The fourth-order valence-corrected chi connectivity index (χ4v) is 3.88. The molecule has 22 heavy (non-hydrogen) atoms. The highest BCUT2D eigenvalue weighted by Crippen LogP contribution is 2.60. The van der Waals surface area contributed by atoms with Crippen molar-refractivity contribution in [3.8, 4) is 0 Å². The largest absolute Gasteiger partial charge is 0.519 e. The van der Waals surface area contributed by atoms with E-state index in [-0.39, 0.29) is 0 Å². The summed E-state index contributed by atoms with van der Waals surface area (Å²) in [6.45, 7) is 2.05. The zero-order chi connectivity index (χ0) is 17.1. The molecule has 1 aliphatic carbocycles. The summed E-state index contributed by atoms with van der Waals surface area (Å²) in [4.78, 5) is 57.4. The van der Waals surface area contributed by atoms with Gasteiger partial charge in [0.2, 0.25) is 5.91 Å². The van der Waals surface area contributed by atoms with E-state index in [0.29, 0.717) is 0 Å².